The topological polar surface area (TPSA) is 34.1 Å². The van der Waals surface area contributed by atoms with Crippen LogP contribution >= 0.6 is 0 Å². The normalized spacial score (nSPS) is 65.8. The summed E-state index contributed by atoms with van der Waals surface area (Å²) in [6, 6.07) is 0. The van der Waals surface area contributed by atoms with Gasteiger partial charge in [-0.2, -0.15) is 0 Å². The minimum Gasteiger partial charge on any atom is -0.260 e. The highest BCUT2D eigenvalue weighted by molar-refractivity contribution is 7.87. The molecule has 0 aromatic carbocycles. The highest BCUT2D eigenvalue weighted by atomic mass is 32.2. The van der Waals surface area contributed by atoms with Crippen molar-refractivity contribution < 1.29 is 8.42 Å². The Morgan fingerprint density at radius 2 is 1.18 bits per heavy atom. The van der Waals surface area contributed by atoms with Crippen molar-refractivity contribution in [2.45, 2.75) is 6.42 Å². The molecule has 0 N–H and O–H groups in total. The Hall–Kier alpha value is 0.300. The maximum Gasteiger partial charge on any atom is 0.0306 e. The van der Waals surface area contributed by atoms with Crippen LogP contribution in [0.25, 0.3) is 0 Å². The first-order valence-corrected chi connectivity index (χ1v) is 6.84. The Morgan fingerprint density at radius 1 is 0.818 bits per heavy atom. The van der Waals surface area contributed by atoms with Gasteiger partial charge < -0.3 is 0 Å². The highest BCUT2D eigenvalue weighted by Crippen LogP contribution is 2.72. The van der Waals surface area contributed by atoms with Gasteiger partial charge in [-0.05, 0) is 6.42 Å². The number of rotatable bonds is 0. The van der Waals surface area contributed by atoms with Crippen LogP contribution < -0.4 is 0 Å². The minimum absolute atomic E-state index is 0.294. The average Bonchev–Trinajstić information content (AvgIpc) is 2.15. The Balaban J connectivity index is 2.04. The zero-order chi connectivity index (χ0) is 7.69. The summed E-state index contributed by atoms with van der Waals surface area (Å²) < 4.78 is 22.4. The predicted octanol–water partition coefficient (Wildman–Crippen LogP) is -0.112. The van der Waals surface area contributed by atoms with Crippen molar-refractivity contribution in [2.24, 2.45) is 10.8 Å². The molecule has 3 aliphatic rings. The van der Waals surface area contributed by atoms with E-state index >= 15 is 0 Å². The summed E-state index contributed by atoms with van der Waals surface area (Å²) in [5.41, 5.74) is 0.589. The second-order valence-electron chi connectivity index (χ2n) is 4.19. The third-order valence-electron chi connectivity index (χ3n) is 3.43. The van der Waals surface area contributed by atoms with E-state index in [1.165, 1.54) is 6.42 Å². The maximum absolute atomic E-state index is 11.2. The Kier molecular flexibility index (Phi) is 1.01. The smallest absolute Gasteiger partial charge is 0.0306 e. The lowest BCUT2D eigenvalue weighted by Crippen LogP contribution is -2.15. The summed E-state index contributed by atoms with van der Waals surface area (Å²) in [5.74, 6) is 3.38. The summed E-state index contributed by atoms with van der Waals surface area (Å²) >= 11 is 0. The van der Waals surface area contributed by atoms with Crippen LogP contribution in [0.5, 0.6) is 0 Å². The second-order valence-corrected chi connectivity index (χ2v) is 7.11. The molecule has 3 fully saturated rings. The van der Waals surface area contributed by atoms with Crippen molar-refractivity contribution in [1.82, 2.24) is 0 Å². The predicted molar refractivity (Wildman–Crippen MR) is 45.2 cm³/mol. The SMILES string of the molecule is O=S1CC23CS(=O)CC2(C1)C3. The molecule has 0 aromatic heterocycles. The molecule has 2 heterocycles. The van der Waals surface area contributed by atoms with E-state index in [-0.39, 0.29) is 0 Å². The van der Waals surface area contributed by atoms with E-state index in [1.807, 2.05) is 0 Å². The third kappa shape index (κ3) is 0.640. The van der Waals surface area contributed by atoms with Gasteiger partial charge in [-0.1, -0.05) is 0 Å². The van der Waals surface area contributed by atoms with Crippen LogP contribution in [0.2, 0.25) is 0 Å². The summed E-state index contributed by atoms with van der Waals surface area (Å²) in [7, 11) is -1.16. The minimum atomic E-state index is -0.580. The third-order valence-corrected chi connectivity index (χ3v) is 6.92. The van der Waals surface area contributed by atoms with Gasteiger partial charge in [-0.3, -0.25) is 8.42 Å². The first-order chi connectivity index (χ1) is 5.16. The Labute approximate surface area is 70.7 Å². The van der Waals surface area contributed by atoms with Crippen molar-refractivity contribution in [3.05, 3.63) is 0 Å². The molecule has 0 amide bonds. The van der Waals surface area contributed by atoms with Crippen molar-refractivity contribution in [3.63, 3.8) is 0 Å². The summed E-state index contributed by atoms with van der Waals surface area (Å²) in [6.45, 7) is 0. The summed E-state index contributed by atoms with van der Waals surface area (Å²) in [5, 5.41) is 0. The molecule has 3 rings (SSSR count). The molecule has 0 atom stereocenters. The van der Waals surface area contributed by atoms with E-state index in [2.05, 4.69) is 0 Å². The van der Waals surface area contributed by atoms with Crippen molar-refractivity contribution >= 4 is 21.6 Å². The molecule has 2 saturated heterocycles. The number of hydrogen-bond donors (Lipinski definition) is 0. The van der Waals surface area contributed by atoms with Gasteiger partial charge in [-0.25, -0.2) is 0 Å². The lowest BCUT2D eigenvalue weighted by Gasteiger charge is -2.05. The van der Waals surface area contributed by atoms with Crippen LogP contribution in [0.4, 0.5) is 0 Å². The molecule has 4 heteroatoms. The second kappa shape index (κ2) is 1.64. The van der Waals surface area contributed by atoms with E-state index < -0.39 is 21.6 Å². The lowest BCUT2D eigenvalue weighted by atomic mass is 10.0. The molecule has 2 aliphatic heterocycles. The van der Waals surface area contributed by atoms with E-state index in [4.69, 9.17) is 0 Å². The van der Waals surface area contributed by atoms with Crippen LogP contribution in [0.1, 0.15) is 6.42 Å². The molecule has 0 aromatic rings. The molecular weight excluding hydrogens is 180 g/mol. The zero-order valence-electron chi connectivity index (χ0n) is 6.17. The molecule has 11 heavy (non-hydrogen) atoms. The fraction of sp³-hybridized carbons (Fsp3) is 1.00. The molecule has 2 nitrogen and oxygen atoms in total. The van der Waals surface area contributed by atoms with E-state index in [0.717, 1.165) is 23.0 Å². The molecule has 62 valence electrons. The van der Waals surface area contributed by atoms with E-state index in [1.54, 1.807) is 0 Å². The summed E-state index contributed by atoms with van der Waals surface area (Å²) in [6.07, 6.45) is 1.22. The molecule has 0 bridgehead atoms. The van der Waals surface area contributed by atoms with Gasteiger partial charge in [0.25, 0.3) is 0 Å². The van der Waals surface area contributed by atoms with Gasteiger partial charge in [0.1, 0.15) is 0 Å². The number of hydrogen-bond acceptors (Lipinski definition) is 2. The summed E-state index contributed by atoms with van der Waals surface area (Å²) in [4.78, 5) is 0. The Morgan fingerprint density at radius 3 is 1.55 bits per heavy atom. The van der Waals surface area contributed by atoms with E-state index in [9.17, 15) is 8.42 Å². The van der Waals surface area contributed by atoms with Crippen molar-refractivity contribution in [2.75, 3.05) is 23.0 Å². The van der Waals surface area contributed by atoms with Gasteiger partial charge in [0.05, 0.1) is 0 Å². The quantitative estimate of drug-likeness (QED) is 0.534. The fourth-order valence-corrected chi connectivity index (χ4v) is 7.81. The van der Waals surface area contributed by atoms with Crippen molar-refractivity contribution in [3.8, 4) is 0 Å². The molecule has 0 radical (unpaired) electrons. The first kappa shape index (κ1) is 6.78. The zero-order valence-corrected chi connectivity index (χ0v) is 7.80. The fourth-order valence-electron chi connectivity index (χ4n) is 2.84. The van der Waals surface area contributed by atoms with E-state index in [0.29, 0.717) is 10.8 Å². The highest BCUT2D eigenvalue weighted by Gasteiger charge is 2.76. The van der Waals surface area contributed by atoms with Crippen molar-refractivity contribution in [1.29, 1.82) is 0 Å². The van der Waals surface area contributed by atoms with Gasteiger partial charge in [0.2, 0.25) is 0 Å². The van der Waals surface area contributed by atoms with Crippen LogP contribution in [-0.2, 0) is 21.6 Å². The molecule has 1 aliphatic carbocycles. The largest absolute Gasteiger partial charge is 0.260 e. The van der Waals surface area contributed by atoms with Crippen LogP contribution in [0.3, 0.4) is 0 Å². The van der Waals surface area contributed by atoms with Crippen LogP contribution in [-0.4, -0.2) is 31.4 Å². The lowest BCUT2D eigenvalue weighted by molar-refractivity contribution is 0.533. The first-order valence-electron chi connectivity index (χ1n) is 3.86. The van der Waals surface area contributed by atoms with Gasteiger partial charge in [0, 0.05) is 55.4 Å². The maximum atomic E-state index is 11.2. The monoisotopic (exact) mass is 190 g/mol. The molecular formula is C7H10O2S2. The van der Waals surface area contributed by atoms with Crippen LogP contribution in [0, 0.1) is 10.8 Å². The molecule has 1 saturated carbocycles. The van der Waals surface area contributed by atoms with Crippen LogP contribution in [0.15, 0.2) is 0 Å². The molecule has 0 unspecified atom stereocenters. The van der Waals surface area contributed by atoms with Gasteiger partial charge in [0.15, 0.2) is 0 Å². The standard InChI is InChI=1S/C7H10O2S2/c8-10-2-6-1-7(6,4-10)5-11(9)3-6/h1-5H2. The molecule has 0 spiro atoms. The van der Waals surface area contributed by atoms with Gasteiger partial charge >= 0.3 is 0 Å². The average molecular weight is 190 g/mol. The Bertz CT molecular complexity index is 240. The van der Waals surface area contributed by atoms with Gasteiger partial charge in [-0.15, -0.1) is 0 Å².